The molecule has 0 saturated carbocycles. The molecule has 1 saturated heterocycles. The second-order valence-corrected chi connectivity index (χ2v) is 5.32. The summed E-state index contributed by atoms with van der Waals surface area (Å²) in [5, 5.41) is 0.368. The van der Waals surface area contributed by atoms with Gasteiger partial charge in [0.25, 0.3) is 0 Å². The fourth-order valence-corrected chi connectivity index (χ4v) is 3.15. The van der Waals surface area contributed by atoms with Crippen molar-refractivity contribution in [2.45, 2.75) is 11.8 Å². The Morgan fingerprint density at radius 2 is 2.60 bits per heavy atom. The third-order valence-corrected chi connectivity index (χ3v) is 4.37. The smallest absolute Gasteiger partial charge is 0.230 e. The van der Waals surface area contributed by atoms with Gasteiger partial charge in [0.05, 0.1) is 11.8 Å². The van der Waals surface area contributed by atoms with Crippen molar-refractivity contribution in [2.75, 3.05) is 5.75 Å². The summed E-state index contributed by atoms with van der Waals surface area (Å²) in [6.45, 7) is 0. The van der Waals surface area contributed by atoms with Gasteiger partial charge in [-0.1, -0.05) is 15.5 Å². The first-order chi connectivity index (χ1) is 4.79. The van der Waals surface area contributed by atoms with Crippen LogP contribution in [0.3, 0.4) is 0 Å². The van der Waals surface area contributed by atoms with E-state index in [0.29, 0.717) is 11.8 Å². The third-order valence-electron chi connectivity index (χ3n) is 1.78. The van der Waals surface area contributed by atoms with Crippen molar-refractivity contribution in [1.29, 1.82) is 0 Å². The molecule has 0 spiro atoms. The molecule has 54 valence electrons. The van der Waals surface area contributed by atoms with Crippen LogP contribution >= 0.6 is 0 Å². The summed E-state index contributed by atoms with van der Waals surface area (Å²) < 4.78 is 0. The fraction of sp³-hybridized carbons (Fsp3) is 0.500. The zero-order valence-corrected chi connectivity index (χ0v) is 6.95. The van der Waals surface area contributed by atoms with Crippen molar-refractivity contribution >= 4 is 26.5 Å². The largest absolute Gasteiger partial charge is 0.306 e. The Balaban J connectivity index is 2.25. The Hall–Kier alpha value is -0.220. The Morgan fingerprint density at radius 3 is 3.20 bits per heavy atom. The number of rotatable bonds is 0. The van der Waals surface area contributed by atoms with Gasteiger partial charge in [-0.25, -0.2) is 0 Å². The maximum Gasteiger partial charge on any atom is 0.230 e. The lowest BCUT2D eigenvalue weighted by molar-refractivity contribution is -0.137. The van der Waals surface area contributed by atoms with E-state index in [4.69, 9.17) is 11.2 Å². The highest BCUT2D eigenvalue weighted by molar-refractivity contribution is 8.29. The van der Waals surface area contributed by atoms with E-state index in [1.54, 1.807) is 4.90 Å². The van der Waals surface area contributed by atoms with E-state index in [0.717, 1.165) is 5.75 Å². The minimum Gasteiger partial charge on any atom is -0.306 e. The number of hydrogen-bond donors (Lipinski definition) is 0. The summed E-state index contributed by atoms with van der Waals surface area (Å²) in [4.78, 5) is 12.6. The molecule has 0 aliphatic carbocycles. The van der Waals surface area contributed by atoms with Gasteiger partial charge < -0.3 is 4.90 Å². The van der Waals surface area contributed by atoms with Crippen LogP contribution in [0.4, 0.5) is 0 Å². The van der Waals surface area contributed by atoms with Crippen molar-refractivity contribution < 1.29 is 4.79 Å². The summed E-state index contributed by atoms with van der Waals surface area (Å²) in [7, 11) is 0.00269. The highest BCUT2D eigenvalue weighted by Crippen LogP contribution is 2.25. The molecule has 0 bridgehead atoms. The average molecular weight is 173 g/mol. The first-order valence-electron chi connectivity index (χ1n) is 3.14. The van der Waals surface area contributed by atoms with E-state index in [9.17, 15) is 4.79 Å². The number of carbonyl (C=O) groups is 1. The van der Waals surface area contributed by atoms with Crippen molar-refractivity contribution in [3.63, 3.8) is 0 Å². The Labute approximate surface area is 66.5 Å². The van der Waals surface area contributed by atoms with Crippen molar-refractivity contribution in [3.05, 3.63) is 12.3 Å². The zero-order valence-electron chi connectivity index (χ0n) is 5.32. The zero-order chi connectivity index (χ0) is 7.14. The van der Waals surface area contributed by atoms with Crippen LogP contribution in [0.5, 0.6) is 0 Å². The molecule has 1 amide bonds. The van der Waals surface area contributed by atoms with Crippen LogP contribution < -0.4 is 0 Å². The van der Waals surface area contributed by atoms with Crippen molar-refractivity contribution in [1.82, 2.24) is 4.90 Å². The molecule has 2 nitrogen and oxygen atoms in total. The van der Waals surface area contributed by atoms with Crippen LogP contribution in [0, 0.1) is 0 Å². The van der Waals surface area contributed by atoms with E-state index in [2.05, 4.69) is 0 Å². The molecule has 2 aliphatic rings. The average Bonchev–Trinajstić information content (AvgIpc) is 1.91. The molecule has 2 aliphatic heterocycles. The van der Waals surface area contributed by atoms with Gasteiger partial charge >= 0.3 is 0 Å². The molecular weight excluding hydrogens is 166 g/mol. The topological polar surface area (TPSA) is 20.3 Å². The van der Waals surface area contributed by atoms with Crippen LogP contribution in [0.15, 0.2) is 12.3 Å². The molecule has 0 aromatic rings. The quantitative estimate of drug-likeness (QED) is 0.486. The fourth-order valence-electron chi connectivity index (χ4n) is 1.16. The molecule has 0 aromatic heterocycles. The summed E-state index contributed by atoms with van der Waals surface area (Å²) in [5.74, 6) is 1.20. The van der Waals surface area contributed by atoms with E-state index >= 15 is 0 Å². The Morgan fingerprint density at radius 1 is 1.80 bits per heavy atom. The molecular formula is C6H7NOS2. The molecule has 1 unspecified atom stereocenters. The molecule has 0 N–H and O–H groups in total. The monoisotopic (exact) mass is 173 g/mol. The van der Waals surface area contributed by atoms with Gasteiger partial charge in [-0.05, 0) is 11.2 Å². The molecule has 2 atom stereocenters. The van der Waals surface area contributed by atoms with E-state index in [1.165, 1.54) is 0 Å². The lowest BCUT2D eigenvalue weighted by Gasteiger charge is -2.40. The minimum absolute atomic E-state index is 0.00269. The highest BCUT2D eigenvalue weighted by Gasteiger charge is 2.37. The molecule has 4 heteroatoms. The highest BCUT2D eigenvalue weighted by atomic mass is 32.8. The molecule has 2 rings (SSSR count). The number of nitrogens with zero attached hydrogens (tertiary/aromatic N) is 1. The van der Waals surface area contributed by atoms with Crippen LogP contribution in [0.1, 0.15) is 6.42 Å². The first kappa shape index (κ1) is 6.49. The normalized spacial score (nSPS) is 37.2. The van der Waals surface area contributed by atoms with Gasteiger partial charge in [-0.15, -0.1) is 0 Å². The van der Waals surface area contributed by atoms with Gasteiger partial charge in [0.1, 0.15) is 0 Å². The predicted molar refractivity (Wildman–Crippen MR) is 44.0 cm³/mol. The number of carbonyl (C=O) groups excluding carboxylic acids is 1. The number of β-lactam (4-membered cyclic amide) rings is 1. The summed E-state index contributed by atoms with van der Waals surface area (Å²) in [6, 6.07) is 0. The molecule has 0 aromatic carbocycles. The van der Waals surface area contributed by atoms with Crippen LogP contribution in [0.25, 0.3) is 0 Å². The van der Waals surface area contributed by atoms with Gasteiger partial charge in [0, 0.05) is 12.0 Å². The van der Waals surface area contributed by atoms with E-state index in [-0.39, 0.29) is 15.4 Å². The maximum absolute atomic E-state index is 10.8. The molecule has 1 fully saturated rings. The van der Waals surface area contributed by atoms with Crippen LogP contribution in [-0.4, -0.2) is 21.9 Å². The van der Waals surface area contributed by atoms with Crippen LogP contribution in [0.2, 0.25) is 0 Å². The SMILES string of the molecule is O=C1C[C@@H]2N1C=CCS2=S. The lowest BCUT2D eigenvalue weighted by atomic mass is 10.2. The van der Waals surface area contributed by atoms with Gasteiger partial charge in [-0.2, -0.15) is 0 Å². The number of fused-ring (bicyclic) bond motifs is 1. The minimum atomic E-state index is 0.00269. The first-order valence-corrected chi connectivity index (χ1v) is 5.52. The van der Waals surface area contributed by atoms with E-state index in [1.807, 2.05) is 12.3 Å². The Bertz CT molecular complexity index is 236. The second kappa shape index (κ2) is 2.13. The molecule has 0 radical (unpaired) electrons. The second-order valence-electron chi connectivity index (χ2n) is 2.39. The summed E-state index contributed by atoms with van der Waals surface area (Å²) in [5.41, 5.74) is 0. The number of hydrogen-bond acceptors (Lipinski definition) is 2. The van der Waals surface area contributed by atoms with Crippen LogP contribution in [-0.2, 0) is 25.4 Å². The third kappa shape index (κ3) is 0.754. The van der Waals surface area contributed by atoms with Gasteiger partial charge in [0.15, 0.2) is 0 Å². The van der Waals surface area contributed by atoms with Crippen molar-refractivity contribution in [3.8, 4) is 0 Å². The summed E-state index contributed by atoms with van der Waals surface area (Å²) >= 11 is 5.18. The van der Waals surface area contributed by atoms with E-state index < -0.39 is 0 Å². The maximum atomic E-state index is 10.8. The van der Waals surface area contributed by atoms with Gasteiger partial charge in [-0.3, -0.25) is 4.79 Å². The molecule has 10 heavy (non-hydrogen) atoms. The van der Waals surface area contributed by atoms with Crippen molar-refractivity contribution in [2.24, 2.45) is 0 Å². The van der Waals surface area contributed by atoms with Gasteiger partial charge in [0.2, 0.25) is 5.91 Å². The molecule has 2 heterocycles. The Kier molecular flexibility index (Phi) is 1.38. The predicted octanol–water partition coefficient (Wildman–Crippen LogP) is 0.152. The lowest BCUT2D eigenvalue weighted by Crippen LogP contribution is -2.53. The summed E-state index contributed by atoms with van der Waals surface area (Å²) in [6.07, 6.45) is 4.53. The standard InChI is InChI=1S/C6H7NOS2/c8-5-4-6-7(5)2-1-3-10(6)9/h1-2,6H,3-4H2/t6-,10?/m1/s1. The number of amides is 1.